The van der Waals surface area contributed by atoms with Gasteiger partial charge in [0, 0.05) is 43.1 Å². The fraction of sp³-hybridized carbons (Fsp3) is 0.364. The number of H-pyrrole nitrogens is 1. The quantitative estimate of drug-likeness (QED) is 0.427. The van der Waals surface area contributed by atoms with E-state index < -0.39 is 11.9 Å². The molecule has 0 amide bonds. The van der Waals surface area contributed by atoms with Gasteiger partial charge < -0.3 is 15.6 Å². The number of hydrogen-bond acceptors (Lipinski definition) is 9. The molecule has 180 valence electrons. The molecule has 2 fully saturated rings. The van der Waals surface area contributed by atoms with Crippen LogP contribution in [0.2, 0.25) is 0 Å². The lowest BCUT2D eigenvalue weighted by Crippen LogP contribution is -2.33. The maximum atomic E-state index is 13.3. The maximum absolute atomic E-state index is 13.3. The van der Waals surface area contributed by atoms with E-state index in [-0.39, 0.29) is 10.3 Å². The monoisotopic (exact) mass is 499 g/mol. The minimum absolute atomic E-state index is 0.0403. The first-order valence-electron chi connectivity index (χ1n) is 11.1. The predicted molar refractivity (Wildman–Crippen MR) is 122 cm³/mol. The Morgan fingerprint density at radius 2 is 1.89 bits per heavy atom. The van der Waals surface area contributed by atoms with E-state index in [4.69, 9.17) is 5.73 Å². The number of anilines is 1. The van der Waals surface area contributed by atoms with Crippen molar-refractivity contribution >= 4 is 29.0 Å². The third-order valence-corrected chi connectivity index (χ3v) is 7.83. The van der Waals surface area contributed by atoms with Crippen LogP contribution in [0.4, 0.5) is 19.1 Å². The van der Waals surface area contributed by atoms with E-state index in [1.807, 2.05) is 0 Å². The van der Waals surface area contributed by atoms with E-state index in [2.05, 4.69) is 39.8 Å². The zero-order valence-electron chi connectivity index (χ0n) is 18.3. The van der Waals surface area contributed by atoms with Crippen molar-refractivity contribution in [1.82, 2.24) is 34.9 Å². The van der Waals surface area contributed by atoms with Gasteiger partial charge in [0.25, 0.3) is 0 Å². The van der Waals surface area contributed by atoms with Crippen molar-refractivity contribution in [2.24, 2.45) is 17.6 Å². The second-order valence-corrected chi connectivity index (χ2v) is 9.72. The molecule has 1 aliphatic heterocycles. The molecule has 5 heterocycles. The molecule has 3 N–H and O–H groups in total. The average Bonchev–Trinajstić information content (AvgIpc) is 3.33. The summed E-state index contributed by atoms with van der Waals surface area (Å²) in [7, 11) is 0. The number of rotatable bonds is 5. The van der Waals surface area contributed by atoms with Gasteiger partial charge in [-0.15, -0.1) is 0 Å². The van der Waals surface area contributed by atoms with Crippen LogP contribution in [0.15, 0.2) is 52.9 Å². The van der Waals surface area contributed by atoms with Crippen molar-refractivity contribution in [3.63, 3.8) is 0 Å². The molecule has 1 saturated heterocycles. The number of nitrogens with zero attached hydrogens (tertiary/aromatic N) is 7. The first-order valence-corrected chi connectivity index (χ1v) is 11.9. The summed E-state index contributed by atoms with van der Waals surface area (Å²) in [5.41, 5.74) is 5.85. The minimum Gasteiger partial charge on any atom is -0.342 e. The Balaban J connectivity index is 1.23. The lowest BCUT2D eigenvalue weighted by Gasteiger charge is -2.25. The van der Waals surface area contributed by atoms with Crippen LogP contribution < -0.4 is 10.6 Å². The number of fused-ring (bicyclic) bond motifs is 2. The molecule has 3 atom stereocenters. The summed E-state index contributed by atoms with van der Waals surface area (Å²) in [5.74, 6) is 2.17. The summed E-state index contributed by atoms with van der Waals surface area (Å²) >= 11 is 0.857. The molecular weight excluding hydrogens is 479 g/mol. The fourth-order valence-electron chi connectivity index (χ4n) is 5.20. The van der Waals surface area contributed by atoms with Crippen LogP contribution in [0.5, 0.6) is 0 Å². The van der Waals surface area contributed by atoms with Gasteiger partial charge in [-0.3, -0.25) is 4.98 Å². The summed E-state index contributed by atoms with van der Waals surface area (Å²) in [6.45, 7) is 2.01. The number of nitrogens with one attached hydrogen (secondary N) is 1. The molecule has 6 rings (SSSR count). The molecule has 1 saturated carbocycles. The first-order chi connectivity index (χ1) is 16.9. The van der Waals surface area contributed by atoms with Gasteiger partial charge in [-0.25, -0.2) is 19.9 Å². The topological polar surface area (TPSA) is 122 Å². The van der Waals surface area contributed by atoms with E-state index in [9.17, 15) is 13.2 Å². The number of pyridine rings is 1. The van der Waals surface area contributed by atoms with Crippen molar-refractivity contribution in [3.8, 4) is 0 Å². The molecule has 35 heavy (non-hydrogen) atoms. The largest absolute Gasteiger partial charge is 0.434 e. The van der Waals surface area contributed by atoms with Gasteiger partial charge in [-0.1, -0.05) is 11.8 Å². The standard InChI is InChI=1S/C22H20F3N9S/c23-22(24,25)16-14(3-1-5-27-16)35-15-9-30-17-18(31-15)33-20(32-17)34-8-4-12-13(10-34)21(12,11-26)19-28-6-2-7-29-19/h1-3,5-7,9,12-13H,4,8,10-11,26H2,(H,30,31,32,33). The van der Waals surface area contributed by atoms with Gasteiger partial charge in [-0.2, -0.15) is 18.2 Å². The van der Waals surface area contributed by atoms with E-state index >= 15 is 0 Å². The van der Waals surface area contributed by atoms with Gasteiger partial charge in [-0.05, 0) is 36.5 Å². The van der Waals surface area contributed by atoms with Crippen LogP contribution in [0.25, 0.3) is 11.3 Å². The molecule has 0 spiro atoms. The highest BCUT2D eigenvalue weighted by atomic mass is 32.2. The molecule has 9 nitrogen and oxygen atoms in total. The van der Waals surface area contributed by atoms with Gasteiger partial charge in [0.05, 0.1) is 11.6 Å². The van der Waals surface area contributed by atoms with Gasteiger partial charge in [0.15, 0.2) is 17.0 Å². The van der Waals surface area contributed by atoms with Crippen LogP contribution in [0.3, 0.4) is 0 Å². The van der Waals surface area contributed by atoms with E-state index in [1.165, 1.54) is 18.3 Å². The molecule has 3 unspecified atom stereocenters. The Morgan fingerprint density at radius 1 is 1.09 bits per heavy atom. The summed E-state index contributed by atoms with van der Waals surface area (Å²) in [5, 5.41) is 0.304. The Morgan fingerprint density at radius 3 is 2.66 bits per heavy atom. The smallest absolute Gasteiger partial charge is 0.342 e. The molecule has 1 aliphatic carbocycles. The van der Waals surface area contributed by atoms with Crippen molar-refractivity contribution in [2.45, 2.75) is 27.9 Å². The molecular formula is C22H20F3N9S. The minimum atomic E-state index is -4.56. The molecule has 0 aromatic carbocycles. The van der Waals surface area contributed by atoms with Crippen molar-refractivity contribution in [3.05, 3.63) is 54.5 Å². The van der Waals surface area contributed by atoms with Crippen molar-refractivity contribution < 1.29 is 13.2 Å². The van der Waals surface area contributed by atoms with E-state index in [0.29, 0.717) is 40.6 Å². The Labute approximate surface area is 201 Å². The zero-order chi connectivity index (χ0) is 24.2. The molecule has 0 radical (unpaired) electrons. The molecule has 2 aliphatic rings. The molecule has 0 bridgehead atoms. The first kappa shape index (κ1) is 22.2. The highest BCUT2D eigenvalue weighted by Gasteiger charge is 2.67. The fourth-order valence-corrected chi connectivity index (χ4v) is 6.07. The van der Waals surface area contributed by atoms with Gasteiger partial charge in [0.2, 0.25) is 5.95 Å². The Bertz CT molecular complexity index is 1380. The maximum Gasteiger partial charge on any atom is 0.434 e. The summed E-state index contributed by atoms with van der Waals surface area (Å²) in [6, 6.07) is 4.62. The highest BCUT2D eigenvalue weighted by molar-refractivity contribution is 7.99. The number of imidazole rings is 1. The number of aromatic nitrogens is 7. The van der Waals surface area contributed by atoms with Gasteiger partial charge >= 0.3 is 6.18 Å². The normalized spacial score (nSPS) is 23.9. The molecule has 4 aromatic heterocycles. The van der Waals surface area contributed by atoms with Crippen LogP contribution in [-0.4, -0.2) is 54.5 Å². The number of halogens is 3. The number of aromatic amines is 1. The average molecular weight is 500 g/mol. The van der Waals surface area contributed by atoms with E-state index in [0.717, 1.165) is 43.3 Å². The molecule has 4 aromatic rings. The summed E-state index contributed by atoms with van der Waals surface area (Å²) in [6.07, 6.45) is 2.42. The Hall–Kier alpha value is -3.32. The second kappa shape index (κ2) is 8.12. The molecule has 13 heteroatoms. The summed E-state index contributed by atoms with van der Waals surface area (Å²) in [4.78, 5) is 31.1. The van der Waals surface area contributed by atoms with Gasteiger partial charge in [0.1, 0.15) is 10.9 Å². The lowest BCUT2D eigenvalue weighted by molar-refractivity contribution is -0.143. The van der Waals surface area contributed by atoms with Crippen LogP contribution in [0, 0.1) is 11.8 Å². The highest BCUT2D eigenvalue weighted by Crippen LogP contribution is 2.62. The zero-order valence-corrected chi connectivity index (χ0v) is 19.1. The number of hydrogen-bond donors (Lipinski definition) is 2. The van der Waals surface area contributed by atoms with E-state index in [1.54, 1.807) is 18.5 Å². The second-order valence-electron chi connectivity index (χ2n) is 8.66. The van der Waals surface area contributed by atoms with Crippen LogP contribution in [0.1, 0.15) is 17.9 Å². The van der Waals surface area contributed by atoms with Crippen LogP contribution >= 0.6 is 11.8 Å². The predicted octanol–water partition coefficient (Wildman–Crippen LogP) is 3.06. The van der Waals surface area contributed by atoms with Crippen LogP contribution in [-0.2, 0) is 11.6 Å². The number of nitrogens with two attached hydrogens (primary N) is 1. The lowest BCUT2D eigenvalue weighted by atomic mass is 10.0. The third kappa shape index (κ3) is 3.69. The Kier molecular flexibility index (Phi) is 5.14. The van der Waals surface area contributed by atoms with Crippen molar-refractivity contribution in [2.75, 3.05) is 24.5 Å². The number of alkyl halides is 3. The third-order valence-electron chi connectivity index (χ3n) is 6.87. The SMILES string of the molecule is NCC1(c2ncccn2)C2CCN(c3nc4nc(Sc5cccnc5C(F)(F)F)cnc4[nH]3)CC21. The summed E-state index contributed by atoms with van der Waals surface area (Å²) < 4.78 is 39.9. The van der Waals surface area contributed by atoms with Crippen molar-refractivity contribution in [1.29, 1.82) is 0 Å². The number of piperidine rings is 1.